The van der Waals surface area contributed by atoms with Gasteiger partial charge in [0, 0.05) is 11.7 Å². The van der Waals surface area contributed by atoms with Gasteiger partial charge in [-0.15, -0.1) is 0 Å². The Balaban J connectivity index is 2.51. The first-order chi connectivity index (χ1) is 8.17. The molecular formula is C15H26N2. The van der Waals surface area contributed by atoms with Gasteiger partial charge in [-0.05, 0) is 50.6 Å². The van der Waals surface area contributed by atoms with E-state index in [-0.39, 0.29) is 0 Å². The fraction of sp³-hybridized carbons (Fsp3) is 0.600. The van der Waals surface area contributed by atoms with Gasteiger partial charge >= 0.3 is 0 Å². The summed E-state index contributed by atoms with van der Waals surface area (Å²) in [6, 6.07) is 8.86. The summed E-state index contributed by atoms with van der Waals surface area (Å²) in [5.41, 5.74) is 7.92. The first-order valence-corrected chi connectivity index (χ1v) is 6.75. The van der Waals surface area contributed by atoms with Crippen molar-refractivity contribution in [3.8, 4) is 0 Å². The van der Waals surface area contributed by atoms with E-state index >= 15 is 0 Å². The van der Waals surface area contributed by atoms with Gasteiger partial charge in [0.15, 0.2) is 0 Å². The third-order valence-corrected chi connectivity index (χ3v) is 3.34. The molecular weight excluding hydrogens is 208 g/mol. The van der Waals surface area contributed by atoms with Crippen molar-refractivity contribution in [2.45, 2.75) is 46.1 Å². The van der Waals surface area contributed by atoms with Crippen molar-refractivity contribution in [1.82, 2.24) is 4.90 Å². The lowest BCUT2D eigenvalue weighted by molar-refractivity contribution is 0.215. The Labute approximate surface area is 106 Å². The zero-order chi connectivity index (χ0) is 12.7. The van der Waals surface area contributed by atoms with Crippen LogP contribution in [0.15, 0.2) is 24.3 Å². The highest BCUT2D eigenvalue weighted by Gasteiger charge is 2.11. The molecule has 0 saturated heterocycles. The Kier molecular flexibility index (Phi) is 6.06. The van der Waals surface area contributed by atoms with Crippen LogP contribution in [0.5, 0.6) is 0 Å². The number of hydrogen-bond donors (Lipinski definition) is 1. The van der Waals surface area contributed by atoms with Crippen LogP contribution in [0.25, 0.3) is 0 Å². The van der Waals surface area contributed by atoms with Gasteiger partial charge in [0.05, 0.1) is 0 Å². The fourth-order valence-electron chi connectivity index (χ4n) is 2.18. The molecule has 1 aromatic rings. The topological polar surface area (TPSA) is 29.3 Å². The van der Waals surface area contributed by atoms with Gasteiger partial charge in [-0.2, -0.15) is 0 Å². The molecule has 0 aliphatic heterocycles. The zero-order valence-corrected chi connectivity index (χ0v) is 11.4. The van der Waals surface area contributed by atoms with Crippen molar-refractivity contribution in [2.24, 2.45) is 0 Å². The second-order valence-corrected chi connectivity index (χ2v) is 4.78. The van der Waals surface area contributed by atoms with E-state index in [0.717, 1.165) is 18.7 Å². The van der Waals surface area contributed by atoms with Crippen molar-refractivity contribution in [3.05, 3.63) is 29.8 Å². The van der Waals surface area contributed by atoms with Crippen molar-refractivity contribution < 1.29 is 0 Å². The third-order valence-electron chi connectivity index (χ3n) is 3.34. The molecule has 0 spiro atoms. The number of unbranched alkanes of at least 4 members (excludes halogenated alkanes) is 1. The van der Waals surface area contributed by atoms with Crippen molar-refractivity contribution in [1.29, 1.82) is 0 Å². The molecule has 0 aromatic heterocycles. The van der Waals surface area contributed by atoms with Gasteiger partial charge in [0.2, 0.25) is 0 Å². The number of nitrogens with two attached hydrogens (primary N) is 1. The summed E-state index contributed by atoms with van der Waals surface area (Å²) in [4.78, 5) is 2.56. The molecule has 17 heavy (non-hydrogen) atoms. The number of nitrogen functional groups attached to an aromatic ring is 1. The molecule has 1 rings (SSSR count). The number of nitrogens with zero attached hydrogens (tertiary/aromatic N) is 1. The summed E-state index contributed by atoms with van der Waals surface area (Å²) < 4.78 is 0. The molecule has 0 heterocycles. The smallest absolute Gasteiger partial charge is 0.0314 e. The summed E-state index contributed by atoms with van der Waals surface area (Å²) >= 11 is 0. The lowest BCUT2D eigenvalue weighted by Gasteiger charge is -2.27. The van der Waals surface area contributed by atoms with Crippen LogP contribution in [0.2, 0.25) is 0 Å². The lowest BCUT2D eigenvalue weighted by Crippen LogP contribution is -2.35. The van der Waals surface area contributed by atoms with E-state index in [2.05, 4.69) is 37.8 Å². The predicted octanol–water partition coefficient (Wildman–Crippen LogP) is 3.32. The molecule has 2 nitrogen and oxygen atoms in total. The van der Waals surface area contributed by atoms with Crippen molar-refractivity contribution in [3.63, 3.8) is 0 Å². The Morgan fingerprint density at radius 1 is 1.18 bits per heavy atom. The van der Waals surface area contributed by atoms with E-state index < -0.39 is 0 Å². The van der Waals surface area contributed by atoms with Crippen LogP contribution in [0.3, 0.4) is 0 Å². The maximum Gasteiger partial charge on any atom is 0.0314 e. The lowest BCUT2D eigenvalue weighted by atomic mass is 10.1. The number of benzene rings is 1. The third kappa shape index (κ3) is 4.78. The molecule has 0 aliphatic carbocycles. The Morgan fingerprint density at radius 2 is 1.82 bits per heavy atom. The van der Waals surface area contributed by atoms with E-state index in [1.165, 1.54) is 24.9 Å². The Hall–Kier alpha value is -1.02. The summed E-state index contributed by atoms with van der Waals surface area (Å²) in [6.45, 7) is 9.16. The average molecular weight is 234 g/mol. The molecule has 96 valence electrons. The molecule has 2 heteroatoms. The van der Waals surface area contributed by atoms with Crippen molar-refractivity contribution in [2.75, 3.05) is 18.8 Å². The maximum atomic E-state index is 5.70. The summed E-state index contributed by atoms with van der Waals surface area (Å²) in [7, 11) is 0. The second kappa shape index (κ2) is 7.33. The van der Waals surface area contributed by atoms with E-state index in [9.17, 15) is 0 Å². The maximum absolute atomic E-state index is 5.70. The van der Waals surface area contributed by atoms with Crippen LogP contribution in [-0.2, 0) is 6.42 Å². The molecule has 0 aliphatic rings. The minimum Gasteiger partial charge on any atom is -0.399 e. The first kappa shape index (κ1) is 14.0. The summed E-state index contributed by atoms with van der Waals surface area (Å²) in [5.74, 6) is 0. The van der Waals surface area contributed by atoms with Crippen LogP contribution in [0, 0.1) is 0 Å². The van der Waals surface area contributed by atoms with Crippen LogP contribution in [0.1, 0.15) is 39.2 Å². The van der Waals surface area contributed by atoms with Crippen LogP contribution >= 0.6 is 0 Å². The second-order valence-electron chi connectivity index (χ2n) is 4.78. The molecule has 1 atom stereocenters. The monoisotopic (exact) mass is 234 g/mol. The van der Waals surface area contributed by atoms with Crippen LogP contribution in [-0.4, -0.2) is 24.0 Å². The van der Waals surface area contributed by atoms with Gasteiger partial charge in [-0.3, -0.25) is 0 Å². The summed E-state index contributed by atoms with van der Waals surface area (Å²) in [6.07, 6.45) is 3.67. The van der Waals surface area contributed by atoms with Crippen LogP contribution in [0.4, 0.5) is 5.69 Å². The summed E-state index contributed by atoms with van der Waals surface area (Å²) in [5, 5.41) is 0. The number of rotatable bonds is 7. The molecule has 0 saturated carbocycles. The molecule has 1 aromatic carbocycles. The Morgan fingerprint density at radius 3 is 2.35 bits per heavy atom. The minimum absolute atomic E-state index is 0.607. The fourth-order valence-corrected chi connectivity index (χ4v) is 2.18. The molecule has 0 amide bonds. The number of anilines is 1. The SMILES string of the molecule is CCCCN(CC)C(C)Cc1ccc(N)cc1. The molecule has 2 N–H and O–H groups in total. The molecule has 0 bridgehead atoms. The molecule has 1 unspecified atom stereocenters. The van der Waals surface area contributed by atoms with Gasteiger partial charge < -0.3 is 10.6 Å². The van der Waals surface area contributed by atoms with Crippen LogP contribution < -0.4 is 5.73 Å². The number of hydrogen-bond acceptors (Lipinski definition) is 2. The highest BCUT2D eigenvalue weighted by molar-refractivity contribution is 5.39. The van der Waals surface area contributed by atoms with Gasteiger partial charge in [-0.1, -0.05) is 32.4 Å². The van der Waals surface area contributed by atoms with Gasteiger partial charge in [0.1, 0.15) is 0 Å². The van der Waals surface area contributed by atoms with E-state index in [4.69, 9.17) is 5.73 Å². The first-order valence-electron chi connectivity index (χ1n) is 6.75. The Bertz CT molecular complexity index is 305. The van der Waals surface area contributed by atoms with Crippen molar-refractivity contribution >= 4 is 5.69 Å². The van der Waals surface area contributed by atoms with E-state index in [1.807, 2.05) is 12.1 Å². The number of likely N-dealkylation sites (N-methyl/N-ethyl adjacent to an activating group) is 1. The molecule has 0 radical (unpaired) electrons. The molecule has 0 fully saturated rings. The largest absolute Gasteiger partial charge is 0.399 e. The highest BCUT2D eigenvalue weighted by atomic mass is 15.1. The van der Waals surface area contributed by atoms with E-state index in [1.54, 1.807) is 0 Å². The normalized spacial score (nSPS) is 12.9. The quantitative estimate of drug-likeness (QED) is 0.733. The predicted molar refractivity (Wildman–Crippen MR) is 76.2 cm³/mol. The zero-order valence-electron chi connectivity index (χ0n) is 11.4. The average Bonchev–Trinajstić information content (AvgIpc) is 2.33. The highest BCUT2D eigenvalue weighted by Crippen LogP contribution is 2.11. The minimum atomic E-state index is 0.607. The van der Waals surface area contributed by atoms with Gasteiger partial charge in [0.25, 0.3) is 0 Å². The standard InChI is InChI=1S/C15H26N2/c1-4-6-11-17(5-2)13(3)12-14-7-9-15(16)10-8-14/h7-10,13H,4-6,11-12,16H2,1-3H3. The van der Waals surface area contributed by atoms with Gasteiger partial charge in [-0.25, -0.2) is 0 Å². The van der Waals surface area contributed by atoms with E-state index in [0.29, 0.717) is 6.04 Å².